The van der Waals surface area contributed by atoms with E-state index in [1.165, 1.54) is 25.7 Å². The van der Waals surface area contributed by atoms with Crippen molar-refractivity contribution >= 4 is 22.4 Å². The van der Waals surface area contributed by atoms with E-state index in [0.29, 0.717) is 12.3 Å². The number of nitrogens with zero attached hydrogens (tertiary/aromatic N) is 1. The van der Waals surface area contributed by atoms with Crippen molar-refractivity contribution in [1.82, 2.24) is 4.98 Å². The smallest absolute Gasteiger partial charge is 0.358 e. The van der Waals surface area contributed by atoms with Gasteiger partial charge in [0, 0.05) is 11.4 Å². The quantitative estimate of drug-likeness (QED) is 0.782. The van der Waals surface area contributed by atoms with Crippen molar-refractivity contribution in [1.29, 1.82) is 0 Å². The second-order valence-electron chi connectivity index (χ2n) is 5.86. The van der Waals surface area contributed by atoms with E-state index in [4.69, 9.17) is 4.74 Å². The highest BCUT2D eigenvalue weighted by Gasteiger charge is 2.41. The molecule has 110 valence electrons. The summed E-state index contributed by atoms with van der Waals surface area (Å²) in [4.78, 5) is 17.1. The molecule has 0 bridgehead atoms. The van der Waals surface area contributed by atoms with E-state index in [0.717, 1.165) is 34.3 Å². The lowest BCUT2D eigenvalue weighted by atomic mass is 9.98. The number of hydrogen-bond acceptors (Lipinski definition) is 5. The first-order chi connectivity index (χ1) is 9.69. The normalized spacial score (nSPS) is 18.4. The summed E-state index contributed by atoms with van der Waals surface area (Å²) < 4.78 is 5.02. The van der Waals surface area contributed by atoms with E-state index in [-0.39, 0.29) is 5.97 Å². The molecule has 1 aromatic heterocycles. The minimum absolute atomic E-state index is 0.310. The summed E-state index contributed by atoms with van der Waals surface area (Å²) in [6.07, 6.45) is 5.59. The summed E-state index contributed by atoms with van der Waals surface area (Å²) in [5, 5.41) is 4.30. The van der Waals surface area contributed by atoms with Gasteiger partial charge in [0.05, 0.1) is 6.61 Å². The van der Waals surface area contributed by atoms with Crippen LogP contribution in [0.5, 0.6) is 0 Å². The van der Waals surface area contributed by atoms with Crippen LogP contribution >= 0.6 is 11.3 Å². The molecular weight excluding hydrogens is 272 g/mol. The molecule has 0 atom stereocenters. The number of carbonyl (C=O) groups excluding carboxylic acids is 1. The van der Waals surface area contributed by atoms with Gasteiger partial charge in [-0.05, 0) is 57.3 Å². The Labute approximate surface area is 123 Å². The molecule has 1 N–H and O–H groups in total. The van der Waals surface area contributed by atoms with E-state index in [9.17, 15) is 4.79 Å². The van der Waals surface area contributed by atoms with Gasteiger partial charge in [-0.25, -0.2) is 9.78 Å². The number of hydrogen-bond donors (Lipinski definition) is 1. The van der Waals surface area contributed by atoms with Gasteiger partial charge in [0.15, 0.2) is 10.8 Å². The van der Waals surface area contributed by atoms with Crippen molar-refractivity contribution in [3.8, 4) is 0 Å². The zero-order valence-corrected chi connectivity index (χ0v) is 13.0. The van der Waals surface area contributed by atoms with Crippen molar-refractivity contribution < 1.29 is 9.53 Å². The van der Waals surface area contributed by atoms with E-state index in [1.807, 2.05) is 13.8 Å². The molecule has 0 aromatic carbocycles. The molecule has 20 heavy (non-hydrogen) atoms. The SMILES string of the molecule is CCOC(=O)c1nc(NCC(C2CC2)C2CC2)sc1C. The number of rotatable bonds is 7. The van der Waals surface area contributed by atoms with Crippen LogP contribution < -0.4 is 5.32 Å². The lowest BCUT2D eigenvalue weighted by Crippen LogP contribution is -2.18. The standard InChI is InChI=1S/C15H22N2O2S/c1-3-19-14(18)13-9(2)20-15(17-13)16-8-12(10-4-5-10)11-6-7-11/h10-12H,3-8H2,1-2H3,(H,16,17). The number of esters is 1. The van der Waals surface area contributed by atoms with Crippen LogP contribution in [0.3, 0.4) is 0 Å². The van der Waals surface area contributed by atoms with Gasteiger partial charge in [-0.15, -0.1) is 11.3 Å². The van der Waals surface area contributed by atoms with Crippen molar-refractivity contribution in [3.63, 3.8) is 0 Å². The predicted octanol–water partition coefficient (Wildman–Crippen LogP) is 3.48. The van der Waals surface area contributed by atoms with E-state index in [1.54, 1.807) is 11.3 Å². The third kappa shape index (κ3) is 3.14. The molecule has 0 spiro atoms. The van der Waals surface area contributed by atoms with E-state index < -0.39 is 0 Å². The average Bonchev–Trinajstić information content (AvgIpc) is 3.30. The number of aryl methyl sites for hydroxylation is 1. The van der Waals surface area contributed by atoms with Crippen LogP contribution in [0.4, 0.5) is 5.13 Å². The topological polar surface area (TPSA) is 51.2 Å². The molecule has 3 rings (SSSR count). The fourth-order valence-corrected chi connectivity index (χ4v) is 3.64. The first-order valence-electron chi connectivity index (χ1n) is 7.57. The average molecular weight is 294 g/mol. The van der Waals surface area contributed by atoms with Crippen LogP contribution in [0, 0.1) is 24.7 Å². The second kappa shape index (κ2) is 5.72. The van der Waals surface area contributed by atoms with Gasteiger partial charge in [0.25, 0.3) is 0 Å². The van der Waals surface area contributed by atoms with Gasteiger partial charge in [-0.1, -0.05) is 0 Å². The summed E-state index contributed by atoms with van der Waals surface area (Å²) in [6, 6.07) is 0. The summed E-state index contributed by atoms with van der Waals surface area (Å²) in [7, 11) is 0. The number of anilines is 1. The molecule has 2 fully saturated rings. The van der Waals surface area contributed by atoms with Crippen molar-refractivity contribution in [2.75, 3.05) is 18.5 Å². The monoisotopic (exact) mass is 294 g/mol. The molecule has 4 nitrogen and oxygen atoms in total. The highest BCUT2D eigenvalue weighted by molar-refractivity contribution is 7.15. The maximum atomic E-state index is 11.7. The number of nitrogens with one attached hydrogen (secondary N) is 1. The lowest BCUT2D eigenvalue weighted by molar-refractivity contribution is 0.0519. The summed E-state index contributed by atoms with van der Waals surface area (Å²) in [5.74, 6) is 2.36. The van der Waals surface area contributed by atoms with Crippen molar-refractivity contribution in [2.24, 2.45) is 17.8 Å². The molecular formula is C15H22N2O2S. The highest BCUT2D eigenvalue weighted by Crippen LogP contribution is 2.49. The Morgan fingerprint density at radius 3 is 2.60 bits per heavy atom. The van der Waals surface area contributed by atoms with E-state index in [2.05, 4.69) is 10.3 Å². The Hall–Kier alpha value is -1.10. The maximum absolute atomic E-state index is 11.7. The summed E-state index contributed by atoms with van der Waals surface area (Å²) in [5.41, 5.74) is 0.466. The second-order valence-corrected chi connectivity index (χ2v) is 7.07. The summed E-state index contributed by atoms with van der Waals surface area (Å²) in [6.45, 7) is 5.14. The van der Waals surface area contributed by atoms with Gasteiger partial charge in [-0.2, -0.15) is 0 Å². The maximum Gasteiger partial charge on any atom is 0.358 e. The van der Waals surface area contributed by atoms with Crippen LogP contribution in [0.2, 0.25) is 0 Å². The molecule has 0 radical (unpaired) electrons. The minimum atomic E-state index is -0.310. The molecule has 5 heteroatoms. The zero-order chi connectivity index (χ0) is 14.1. The Morgan fingerprint density at radius 1 is 1.40 bits per heavy atom. The van der Waals surface area contributed by atoms with Crippen LogP contribution in [0.1, 0.15) is 48.0 Å². The van der Waals surface area contributed by atoms with Crippen molar-refractivity contribution in [3.05, 3.63) is 10.6 Å². The number of carbonyl (C=O) groups is 1. The fraction of sp³-hybridized carbons (Fsp3) is 0.733. The first-order valence-corrected chi connectivity index (χ1v) is 8.39. The van der Waals surface area contributed by atoms with Gasteiger partial charge in [0.1, 0.15) is 0 Å². The van der Waals surface area contributed by atoms with Crippen molar-refractivity contribution in [2.45, 2.75) is 39.5 Å². The van der Waals surface area contributed by atoms with Gasteiger partial charge in [0.2, 0.25) is 0 Å². The third-order valence-corrected chi connectivity index (χ3v) is 5.14. The van der Waals surface area contributed by atoms with Gasteiger partial charge < -0.3 is 10.1 Å². The lowest BCUT2D eigenvalue weighted by Gasteiger charge is -2.15. The summed E-state index contributed by atoms with van der Waals surface area (Å²) >= 11 is 1.55. The van der Waals surface area contributed by atoms with Gasteiger partial charge >= 0.3 is 5.97 Å². The molecule has 0 unspecified atom stereocenters. The zero-order valence-electron chi connectivity index (χ0n) is 12.1. The number of ether oxygens (including phenoxy) is 1. The third-order valence-electron chi connectivity index (χ3n) is 4.21. The first kappa shape index (κ1) is 13.9. The van der Waals surface area contributed by atoms with Gasteiger partial charge in [-0.3, -0.25) is 0 Å². The molecule has 2 aliphatic rings. The number of aromatic nitrogens is 1. The fourth-order valence-electron chi connectivity index (χ4n) is 2.83. The molecule has 1 heterocycles. The van der Waals surface area contributed by atoms with Crippen LogP contribution in [-0.4, -0.2) is 24.1 Å². The molecule has 2 aliphatic carbocycles. The number of thiazole rings is 1. The predicted molar refractivity (Wildman–Crippen MR) is 80.2 cm³/mol. The molecule has 0 amide bonds. The minimum Gasteiger partial charge on any atom is -0.461 e. The Balaban J connectivity index is 1.59. The van der Waals surface area contributed by atoms with E-state index >= 15 is 0 Å². The molecule has 0 saturated heterocycles. The van der Waals surface area contributed by atoms with Crippen LogP contribution in [0.25, 0.3) is 0 Å². The highest BCUT2D eigenvalue weighted by atomic mass is 32.1. The van der Waals surface area contributed by atoms with Crippen LogP contribution in [-0.2, 0) is 4.74 Å². The Morgan fingerprint density at radius 2 is 2.05 bits per heavy atom. The Kier molecular flexibility index (Phi) is 3.96. The molecule has 0 aliphatic heterocycles. The molecule has 2 saturated carbocycles. The van der Waals surface area contributed by atoms with Crippen LogP contribution in [0.15, 0.2) is 0 Å². The molecule has 1 aromatic rings. The Bertz CT molecular complexity index is 480. The largest absolute Gasteiger partial charge is 0.461 e.